The van der Waals surface area contributed by atoms with Gasteiger partial charge in [0, 0.05) is 20.0 Å². The van der Waals surface area contributed by atoms with E-state index in [1.165, 1.54) is 17.7 Å². The number of fused-ring (bicyclic) bond motifs is 2. The Morgan fingerprint density at radius 1 is 1.18 bits per heavy atom. The summed E-state index contributed by atoms with van der Waals surface area (Å²) in [6.07, 6.45) is 7.10. The van der Waals surface area contributed by atoms with Crippen LogP contribution in [0, 0.1) is 6.92 Å². The number of aromatic nitrogens is 5. The number of carbonyl (C=O) groups excluding carboxylic acids is 1. The molecule has 0 bridgehead atoms. The molecule has 4 heterocycles. The van der Waals surface area contributed by atoms with E-state index in [9.17, 15) is 9.59 Å². The van der Waals surface area contributed by atoms with Gasteiger partial charge >= 0.3 is 0 Å². The van der Waals surface area contributed by atoms with Gasteiger partial charge in [-0.3, -0.25) is 14.2 Å². The second kappa shape index (κ2) is 8.55. The number of amides is 1. The molecular formula is C24H26N6O2S. The second-order valence-corrected chi connectivity index (χ2v) is 9.55. The third-order valence-electron chi connectivity index (χ3n) is 6.57. The molecule has 3 aromatic heterocycles. The molecule has 0 saturated heterocycles. The van der Waals surface area contributed by atoms with Crippen LogP contribution in [0.15, 0.2) is 41.7 Å². The summed E-state index contributed by atoms with van der Waals surface area (Å²) in [5, 5.41) is 4.73. The lowest BCUT2D eigenvalue weighted by Gasteiger charge is -2.25. The number of thiophene rings is 1. The zero-order valence-corrected chi connectivity index (χ0v) is 19.8. The first-order valence-corrected chi connectivity index (χ1v) is 12.0. The van der Waals surface area contributed by atoms with E-state index in [0.717, 1.165) is 48.3 Å². The SMILES string of the molecule is Cc1c(C(=O)N(C)C(C)c2ccc(-n3cncn3)cc2)sc2nc3n(c(=O)c12)CCCCC3. The van der Waals surface area contributed by atoms with E-state index in [4.69, 9.17) is 4.98 Å². The summed E-state index contributed by atoms with van der Waals surface area (Å²) in [5.74, 6) is 0.752. The molecule has 8 nitrogen and oxygen atoms in total. The van der Waals surface area contributed by atoms with Crippen LogP contribution in [-0.2, 0) is 13.0 Å². The van der Waals surface area contributed by atoms with Crippen LogP contribution in [0.5, 0.6) is 0 Å². The van der Waals surface area contributed by atoms with Gasteiger partial charge in [0.2, 0.25) is 0 Å². The monoisotopic (exact) mass is 462 g/mol. The van der Waals surface area contributed by atoms with Gasteiger partial charge in [-0.25, -0.2) is 14.6 Å². The zero-order valence-electron chi connectivity index (χ0n) is 19.0. The second-order valence-electron chi connectivity index (χ2n) is 8.56. The van der Waals surface area contributed by atoms with Crippen molar-refractivity contribution in [1.29, 1.82) is 0 Å². The summed E-state index contributed by atoms with van der Waals surface area (Å²) in [7, 11) is 1.80. The summed E-state index contributed by atoms with van der Waals surface area (Å²) < 4.78 is 3.50. The molecule has 1 unspecified atom stereocenters. The molecule has 1 aromatic carbocycles. The molecule has 0 spiro atoms. The summed E-state index contributed by atoms with van der Waals surface area (Å²) in [6.45, 7) is 4.57. The fourth-order valence-electron chi connectivity index (χ4n) is 4.42. The first kappa shape index (κ1) is 21.5. The van der Waals surface area contributed by atoms with Crippen molar-refractivity contribution < 1.29 is 4.79 Å². The molecular weight excluding hydrogens is 436 g/mol. The van der Waals surface area contributed by atoms with Crippen molar-refractivity contribution in [2.75, 3.05) is 7.05 Å². The van der Waals surface area contributed by atoms with Crippen molar-refractivity contribution in [2.45, 2.75) is 52.1 Å². The van der Waals surface area contributed by atoms with Crippen LogP contribution in [-0.4, -0.2) is 42.2 Å². The van der Waals surface area contributed by atoms with Gasteiger partial charge in [0.25, 0.3) is 11.5 Å². The Hall–Kier alpha value is -3.33. The van der Waals surface area contributed by atoms with E-state index in [1.807, 2.05) is 42.7 Å². The number of benzene rings is 1. The predicted molar refractivity (Wildman–Crippen MR) is 128 cm³/mol. The Labute approximate surface area is 195 Å². The van der Waals surface area contributed by atoms with E-state index in [1.54, 1.807) is 23.0 Å². The summed E-state index contributed by atoms with van der Waals surface area (Å²) in [5.41, 5.74) is 2.64. The minimum absolute atomic E-state index is 0.0101. The van der Waals surface area contributed by atoms with Gasteiger partial charge in [0.1, 0.15) is 23.3 Å². The minimum Gasteiger partial charge on any atom is -0.334 e. The van der Waals surface area contributed by atoms with Crippen molar-refractivity contribution in [3.8, 4) is 5.69 Å². The lowest BCUT2D eigenvalue weighted by atomic mass is 10.1. The molecule has 0 N–H and O–H groups in total. The third kappa shape index (κ3) is 3.76. The summed E-state index contributed by atoms with van der Waals surface area (Å²) >= 11 is 1.33. The van der Waals surface area contributed by atoms with E-state index in [-0.39, 0.29) is 17.5 Å². The maximum Gasteiger partial charge on any atom is 0.264 e. The molecule has 1 atom stereocenters. The maximum absolute atomic E-state index is 13.5. The summed E-state index contributed by atoms with van der Waals surface area (Å²) in [6, 6.07) is 7.77. The van der Waals surface area contributed by atoms with Gasteiger partial charge < -0.3 is 4.90 Å². The number of rotatable bonds is 4. The van der Waals surface area contributed by atoms with E-state index < -0.39 is 0 Å². The van der Waals surface area contributed by atoms with Crippen LogP contribution in [0.2, 0.25) is 0 Å². The molecule has 1 aliphatic heterocycles. The Balaban J connectivity index is 1.45. The highest BCUT2D eigenvalue weighted by Gasteiger charge is 2.26. The highest BCUT2D eigenvalue weighted by molar-refractivity contribution is 7.20. The molecule has 0 saturated carbocycles. The van der Waals surface area contributed by atoms with Crippen LogP contribution in [0.3, 0.4) is 0 Å². The molecule has 0 aliphatic carbocycles. The third-order valence-corrected chi connectivity index (χ3v) is 7.74. The van der Waals surface area contributed by atoms with Crippen LogP contribution in [0.4, 0.5) is 0 Å². The fourth-order valence-corrected chi connectivity index (χ4v) is 5.59. The normalized spacial score (nSPS) is 14.6. The average molecular weight is 463 g/mol. The van der Waals surface area contributed by atoms with Crippen LogP contribution < -0.4 is 5.56 Å². The fraction of sp³-hybridized carbons (Fsp3) is 0.375. The number of hydrogen-bond acceptors (Lipinski definition) is 6. The van der Waals surface area contributed by atoms with Crippen LogP contribution in [0.1, 0.15) is 58.9 Å². The number of nitrogens with zero attached hydrogens (tertiary/aromatic N) is 6. The lowest BCUT2D eigenvalue weighted by Crippen LogP contribution is -2.29. The summed E-state index contributed by atoms with van der Waals surface area (Å²) in [4.78, 5) is 38.5. The molecule has 5 rings (SSSR count). The van der Waals surface area contributed by atoms with Crippen molar-refractivity contribution in [2.24, 2.45) is 0 Å². The topological polar surface area (TPSA) is 85.9 Å². The first-order valence-electron chi connectivity index (χ1n) is 11.2. The number of carbonyl (C=O) groups is 1. The zero-order chi connectivity index (χ0) is 23.1. The van der Waals surface area contributed by atoms with Crippen LogP contribution >= 0.6 is 11.3 Å². The molecule has 1 amide bonds. The maximum atomic E-state index is 13.5. The molecule has 33 heavy (non-hydrogen) atoms. The Bertz CT molecular complexity index is 1370. The van der Waals surface area contributed by atoms with Gasteiger partial charge in [-0.2, -0.15) is 5.10 Å². The van der Waals surface area contributed by atoms with E-state index in [2.05, 4.69) is 10.1 Å². The predicted octanol–water partition coefficient (Wildman–Crippen LogP) is 3.91. The van der Waals surface area contributed by atoms with Gasteiger partial charge in [0.15, 0.2) is 0 Å². The van der Waals surface area contributed by atoms with Gasteiger partial charge in [-0.15, -0.1) is 11.3 Å². The Kier molecular flexibility index (Phi) is 5.57. The van der Waals surface area contributed by atoms with Gasteiger partial charge in [-0.1, -0.05) is 18.6 Å². The molecule has 0 radical (unpaired) electrons. The van der Waals surface area contributed by atoms with Crippen molar-refractivity contribution >= 4 is 27.5 Å². The highest BCUT2D eigenvalue weighted by Crippen LogP contribution is 2.31. The Morgan fingerprint density at radius 3 is 2.70 bits per heavy atom. The highest BCUT2D eigenvalue weighted by atomic mass is 32.1. The van der Waals surface area contributed by atoms with Crippen molar-refractivity contribution in [3.63, 3.8) is 0 Å². The van der Waals surface area contributed by atoms with Crippen molar-refractivity contribution in [3.05, 3.63) is 69.1 Å². The lowest BCUT2D eigenvalue weighted by molar-refractivity contribution is 0.0747. The Morgan fingerprint density at radius 2 is 1.97 bits per heavy atom. The standard InChI is InChI=1S/C24H26N6O2S/c1-15-20-22(27-19-7-5-4-6-12-29(19)23(20)31)33-21(15)24(32)28(3)16(2)17-8-10-18(11-9-17)30-14-25-13-26-30/h8-11,13-14,16H,4-7,12H2,1-3H3. The van der Waals surface area contributed by atoms with Crippen LogP contribution in [0.25, 0.3) is 15.9 Å². The minimum atomic E-state index is -0.141. The van der Waals surface area contributed by atoms with Gasteiger partial charge in [-0.05, 0) is 49.9 Å². The molecule has 0 fully saturated rings. The molecule has 170 valence electrons. The molecule has 9 heteroatoms. The quantitative estimate of drug-likeness (QED) is 0.459. The number of hydrogen-bond donors (Lipinski definition) is 0. The van der Waals surface area contributed by atoms with Crippen molar-refractivity contribution in [1.82, 2.24) is 29.2 Å². The van der Waals surface area contributed by atoms with E-state index >= 15 is 0 Å². The average Bonchev–Trinajstić information content (AvgIpc) is 3.40. The molecule has 1 aliphatic rings. The smallest absolute Gasteiger partial charge is 0.264 e. The van der Waals surface area contributed by atoms with E-state index in [0.29, 0.717) is 21.6 Å². The number of aryl methyl sites for hydroxylation is 2. The molecule has 4 aromatic rings. The first-order chi connectivity index (χ1) is 16.0. The largest absolute Gasteiger partial charge is 0.334 e. The van der Waals surface area contributed by atoms with Gasteiger partial charge in [0.05, 0.1) is 22.0 Å².